The van der Waals surface area contributed by atoms with E-state index in [1.807, 2.05) is 61.5 Å². The number of aromatic nitrogens is 1. The van der Waals surface area contributed by atoms with Crippen LogP contribution in [0.3, 0.4) is 0 Å². The van der Waals surface area contributed by atoms with Crippen LogP contribution >= 0.6 is 11.8 Å². The summed E-state index contributed by atoms with van der Waals surface area (Å²) in [6.45, 7) is 1.74. The molecule has 116 valence electrons. The predicted octanol–water partition coefficient (Wildman–Crippen LogP) is 4.18. The predicted molar refractivity (Wildman–Crippen MR) is 91.8 cm³/mol. The fourth-order valence-corrected chi connectivity index (χ4v) is 2.95. The van der Waals surface area contributed by atoms with Crippen molar-refractivity contribution in [2.75, 3.05) is 0 Å². The maximum absolute atomic E-state index is 12.3. The van der Waals surface area contributed by atoms with Crippen molar-refractivity contribution in [1.29, 1.82) is 0 Å². The number of carbonyl (C=O) groups excluding carboxylic acids is 1. The average Bonchev–Trinajstić information content (AvgIpc) is 2.56. The molecule has 23 heavy (non-hydrogen) atoms. The number of para-hydroxylation sites is 1. The molecule has 1 aromatic heterocycles. The van der Waals surface area contributed by atoms with Gasteiger partial charge in [-0.1, -0.05) is 42.0 Å². The van der Waals surface area contributed by atoms with E-state index in [1.165, 1.54) is 11.8 Å². The molecule has 1 N–H and O–H groups in total. The third kappa shape index (κ3) is 4.40. The van der Waals surface area contributed by atoms with Crippen LogP contribution in [0.1, 0.15) is 15.9 Å². The molecule has 2 aromatic carbocycles. The molecule has 0 aliphatic carbocycles. The van der Waals surface area contributed by atoms with Crippen molar-refractivity contribution in [3.05, 3.63) is 71.9 Å². The monoisotopic (exact) mass is 325 g/mol. The molecule has 0 unspecified atom stereocenters. The van der Waals surface area contributed by atoms with Gasteiger partial charge in [-0.05, 0) is 36.9 Å². The second-order valence-corrected chi connectivity index (χ2v) is 5.71. The highest BCUT2D eigenvalue weighted by atomic mass is 32.2. The van der Waals surface area contributed by atoms with E-state index in [-0.39, 0.29) is 11.6 Å². The quantitative estimate of drug-likeness (QED) is 0.565. The molecule has 0 saturated heterocycles. The number of thioether (sulfide) groups is 1. The van der Waals surface area contributed by atoms with Gasteiger partial charge >= 0.3 is 0 Å². The summed E-state index contributed by atoms with van der Waals surface area (Å²) < 4.78 is 0. The van der Waals surface area contributed by atoms with Crippen LogP contribution in [0.15, 0.2) is 65.7 Å². The second-order valence-electron chi connectivity index (χ2n) is 4.70. The fraction of sp³-hybridized carbons (Fsp3) is 0.0556. The van der Waals surface area contributed by atoms with E-state index in [0.717, 1.165) is 26.9 Å². The zero-order valence-corrected chi connectivity index (χ0v) is 13.3. The van der Waals surface area contributed by atoms with Gasteiger partial charge in [0.25, 0.3) is 6.47 Å². The first-order valence-corrected chi connectivity index (χ1v) is 7.68. The van der Waals surface area contributed by atoms with Gasteiger partial charge in [-0.25, -0.2) is 0 Å². The molecule has 1 heterocycles. The average molecular weight is 325 g/mol. The highest BCUT2D eigenvalue weighted by Gasteiger charge is 2.11. The van der Waals surface area contributed by atoms with Gasteiger partial charge in [-0.2, -0.15) is 0 Å². The van der Waals surface area contributed by atoms with Crippen molar-refractivity contribution in [3.8, 4) is 0 Å². The topological polar surface area (TPSA) is 67.3 Å². The molecular formula is C18H15NO3S. The number of fused-ring (bicyclic) bond motifs is 1. The summed E-state index contributed by atoms with van der Waals surface area (Å²) in [6, 6.07) is 17.5. The Hall–Kier alpha value is -2.66. The molecule has 0 aliphatic heterocycles. The summed E-state index contributed by atoms with van der Waals surface area (Å²) in [6.07, 6.45) is 1.75. The van der Waals surface area contributed by atoms with E-state index < -0.39 is 0 Å². The Kier molecular flexibility index (Phi) is 5.88. The highest BCUT2D eigenvalue weighted by Crippen LogP contribution is 2.29. The molecule has 5 heteroatoms. The fourth-order valence-electron chi connectivity index (χ4n) is 2.09. The molecule has 0 aliphatic rings. The van der Waals surface area contributed by atoms with Gasteiger partial charge in [0.05, 0.1) is 5.52 Å². The van der Waals surface area contributed by atoms with Crippen molar-refractivity contribution in [2.24, 2.45) is 0 Å². The Bertz CT molecular complexity index is 828. The number of carbonyl (C=O) groups is 2. The number of hydrogen-bond acceptors (Lipinski definition) is 4. The third-order valence-electron chi connectivity index (χ3n) is 3.05. The van der Waals surface area contributed by atoms with Crippen molar-refractivity contribution in [2.45, 2.75) is 11.8 Å². The molecule has 0 amide bonds. The van der Waals surface area contributed by atoms with E-state index >= 15 is 0 Å². The molecule has 0 radical (unpaired) electrons. The summed E-state index contributed by atoms with van der Waals surface area (Å²) in [5.74, 6) is 0. The molecule has 0 saturated carbocycles. The van der Waals surface area contributed by atoms with E-state index in [0.29, 0.717) is 0 Å². The summed E-state index contributed by atoms with van der Waals surface area (Å²) in [4.78, 5) is 26.0. The van der Waals surface area contributed by atoms with E-state index in [2.05, 4.69) is 4.98 Å². The maximum Gasteiger partial charge on any atom is 0.290 e. The van der Waals surface area contributed by atoms with Crippen LogP contribution in [0, 0.1) is 6.92 Å². The first-order chi connectivity index (χ1) is 11.2. The summed E-state index contributed by atoms with van der Waals surface area (Å²) in [7, 11) is 0. The van der Waals surface area contributed by atoms with E-state index in [9.17, 15) is 4.79 Å². The minimum atomic E-state index is -0.250. The Morgan fingerprint density at radius 3 is 2.57 bits per heavy atom. The molecule has 0 spiro atoms. The van der Waals surface area contributed by atoms with Crippen molar-refractivity contribution >= 4 is 34.3 Å². The molecule has 0 atom stereocenters. The first kappa shape index (κ1) is 16.7. The van der Waals surface area contributed by atoms with Gasteiger partial charge in [-0.3, -0.25) is 14.6 Å². The van der Waals surface area contributed by atoms with Crippen LogP contribution < -0.4 is 0 Å². The number of carboxylic acid groups (broad SMARTS) is 1. The minimum Gasteiger partial charge on any atom is -0.483 e. The number of rotatable bonds is 2. The van der Waals surface area contributed by atoms with Gasteiger partial charge in [-0.15, -0.1) is 0 Å². The number of benzene rings is 2. The lowest BCUT2D eigenvalue weighted by Gasteiger charge is -2.05. The zero-order valence-electron chi connectivity index (χ0n) is 12.5. The van der Waals surface area contributed by atoms with Crippen LogP contribution in [-0.2, 0) is 4.79 Å². The lowest BCUT2D eigenvalue weighted by atomic mass is 10.2. The highest BCUT2D eigenvalue weighted by molar-refractivity contribution is 8.14. The summed E-state index contributed by atoms with van der Waals surface area (Å²) in [5, 5.41) is 7.99. The second kappa shape index (κ2) is 8.10. The molecular weight excluding hydrogens is 310 g/mol. The lowest BCUT2D eigenvalue weighted by Crippen LogP contribution is -1.94. The SMILES string of the molecule is Cc1cccc(C(=O)Sc2cccc3cccnc23)c1.O=CO. The Morgan fingerprint density at radius 2 is 1.83 bits per heavy atom. The molecule has 0 bridgehead atoms. The smallest absolute Gasteiger partial charge is 0.290 e. The zero-order chi connectivity index (χ0) is 16.7. The van der Waals surface area contributed by atoms with Crippen LogP contribution in [-0.4, -0.2) is 21.7 Å². The first-order valence-electron chi connectivity index (χ1n) is 6.86. The molecule has 0 fully saturated rings. The maximum atomic E-state index is 12.3. The molecule has 3 aromatic rings. The number of hydrogen-bond donors (Lipinski definition) is 1. The molecule has 3 rings (SSSR count). The van der Waals surface area contributed by atoms with Crippen LogP contribution in [0.5, 0.6) is 0 Å². The number of aryl methyl sites for hydroxylation is 1. The van der Waals surface area contributed by atoms with Crippen LogP contribution in [0.25, 0.3) is 10.9 Å². The van der Waals surface area contributed by atoms with E-state index in [4.69, 9.17) is 9.90 Å². The number of nitrogens with zero attached hydrogens (tertiary/aromatic N) is 1. The van der Waals surface area contributed by atoms with Gasteiger partial charge in [0, 0.05) is 22.0 Å². The van der Waals surface area contributed by atoms with Crippen LogP contribution in [0.2, 0.25) is 0 Å². The minimum absolute atomic E-state index is 0.0480. The standard InChI is InChI=1S/C17H13NOS.CH2O2/c1-12-5-2-7-14(11-12)17(19)20-15-9-3-6-13-8-4-10-18-16(13)15;2-1-3/h2-11H,1H3;1H,(H,2,3). The Morgan fingerprint density at radius 1 is 1.13 bits per heavy atom. The van der Waals surface area contributed by atoms with E-state index in [1.54, 1.807) is 6.20 Å². The normalized spacial score (nSPS) is 9.78. The van der Waals surface area contributed by atoms with Gasteiger partial charge in [0.1, 0.15) is 0 Å². The molecule has 4 nitrogen and oxygen atoms in total. The van der Waals surface area contributed by atoms with Gasteiger partial charge in [0.15, 0.2) is 0 Å². The number of pyridine rings is 1. The Balaban J connectivity index is 0.000000595. The summed E-state index contributed by atoms with van der Waals surface area (Å²) in [5.41, 5.74) is 2.69. The van der Waals surface area contributed by atoms with Gasteiger partial charge < -0.3 is 5.11 Å². The third-order valence-corrected chi connectivity index (χ3v) is 4.02. The van der Waals surface area contributed by atoms with Crippen molar-refractivity contribution in [3.63, 3.8) is 0 Å². The van der Waals surface area contributed by atoms with Crippen molar-refractivity contribution in [1.82, 2.24) is 4.98 Å². The largest absolute Gasteiger partial charge is 0.483 e. The van der Waals surface area contributed by atoms with Crippen LogP contribution in [0.4, 0.5) is 0 Å². The lowest BCUT2D eigenvalue weighted by molar-refractivity contribution is -0.122. The van der Waals surface area contributed by atoms with Crippen molar-refractivity contribution < 1.29 is 14.7 Å². The Labute approximate surface area is 138 Å². The van der Waals surface area contributed by atoms with Gasteiger partial charge in [0.2, 0.25) is 5.12 Å². The summed E-state index contributed by atoms with van der Waals surface area (Å²) >= 11 is 1.23.